The van der Waals surface area contributed by atoms with E-state index in [0.717, 1.165) is 33.4 Å². The third kappa shape index (κ3) is 2.96. The highest BCUT2D eigenvalue weighted by molar-refractivity contribution is 6.10. The molecule has 4 aliphatic rings. The fourth-order valence-electron chi connectivity index (χ4n) is 6.95. The molecule has 2 amide bonds. The fraction of sp³-hybridized carbons (Fsp3) is 0.312. The maximum atomic E-state index is 14.5. The molecule has 0 radical (unpaired) electrons. The van der Waals surface area contributed by atoms with Gasteiger partial charge in [0.15, 0.2) is 0 Å². The van der Waals surface area contributed by atoms with Crippen molar-refractivity contribution in [1.29, 1.82) is 0 Å². The van der Waals surface area contributed by atoms with Crippen LogP contribution in [0.2, 0.25) is 0 Å². The molecule has 2 fully saturated rings. The molecule has 198 valence electrons. The minimum Gasteiger partial charge on any atom is -0.381 e. The average molecular weight is 521 g/mol. The van der Waals surface area contributed by atoms with Crippen LogP contribution in [-0.4, -0.2) is 49.5 Å². The van der Waals surface area contributed by atoms with Gasteiger partial charge in [-0.05, 0) is 32.1 Å². The summed E-state index contributed by atoms with van der Waals surface area (Å²) in [5.74, 6) is -0.494. The summed E-state index contributed by atoms with van der Waals surface area (Å²) in [6.07, 6.45) is 6.75. The van der Waals surface area contributed by atoms with E-state index in [2.05, 4.69) is 30.3 Å². The molecule has 4 aliphatic heterocycles. The van der Waals surface area contributed by atoms with Crippen molar-refractivity contribution in [3.8, 4) is 0 Å². The van der Waals surface area contributed by atoms with Crippen molar-refractivity contribution in [1.82, 2.24) is 14.8 Å². The lowest BCUT2D eigenvalue weighted by atomic mass is 9.85. The molecule has 2 N–H and O–H groups in total. The first-order chi connectivity index (χ1) is 18.5. The van der Waals surface area contributed by atoms with Gasteiger partial charge in [0, 0.05) is 51.4 Å². The van der Waals surface area contributed by atoms with Gasteiger partial charge in [-0.2, -0.15) is 0 Å². The molecule has 1 aromatic heterocycles. The Balaban J connectivity index is 1.45. The van der Waals surface area contributed by atoms with E-state index in [-0.39, 0.29) is 23.9 Å². The highest BCUT2D eigenvalue weighted by atomic mass is 16.3. The Morgan fingerprint density at radius 1 is 1.10 bits per heavy atom. The van der Waals surface area contributed by atoms with Crippen LogP contribution in [0, 0.1) is 0 Å². The topological polar surface area (TPSA) is 79.9 Å². The van der Waals surface area contributed by atoms with Crippen molar-refractivity contribution >= 4 is 34.5 Å². The molecular weight excluding hydrogens is 488 g/mol. The predicted molar refractivity (Wildman–Crippen MR) is 151 cm³/mol. The molecule has 7 nitrogen and oxygen atoms in total. The second-order valence-corrected chi connectivity index (χ2v) is 12.2. The smallest absolute Gasteiger partial charge is 0.273 e. The van der Waals surface area contributed by atoms with Gasteiger partial charge < -0.3 is 19.9 Å². The van der Waals surface area contributed by atoms with Crippen LogP contribution in [0.5, 0.6) is 0 Å². The molecule has 0 spiro atoms. The first-order valence-corrected chi connectivity index (χ1v) is 13.4. The van der Waals surface area contributed by atoms with Crippen molar-refractivity contribution in [2.24, 2.45) is 0 Å². The Morgan fingerprint density at radius 2 is 1.82 bits per heavy atom. The molecule has 3 aromatic rings. The number of nitrogens with zero attached hydrogens (tertiary/aromatic N) is 3. The van der Waals surface area contributed by atoms with Crippen LogP contribution in [0.4, 0.5) is 5.69 Å². The zero-order valence-corrected chi connectivity index (χ0v) is 22.6. The Kier molecular flexibility index (Phi) is 4.62. The summed E-state index contributed by atoms with van der Waals surface area (Å²) in [5.41, 5.74) is 2.31. The second-order valence-electron chi connectivity index (χ2n) is 12.2. The van der Waals surface area contributed by atoms with Gasteiger partial charge in [-0.25, -0.2) is 0 Å². The van der Waals surface area contributed by atoms with Gasteiger partial charge in [0.1, 0.15) is 23.5 Å². The van der Waals surface area contributed by atoms with Gasteiger partial charge in [0.05, 0.1) is 5.54 Å². The monoisotopic (exact) mass is 520 g/mol. The number of rotatable bonds is 2. The number of aromatic nitrogens is 1. The van der Waals surface area contributed by atoms with E-state index >= 15 is 0 Å². The Bertz CT molecular complexity index is 1660. The summed E-state index contributed by atoms with van der Waals surface area (Å²) in [7, 11) is 0. The van der Waals surface area contributed by atoms with Gasteiger partial charge in [0.25, 0.3) is 11.8 Å². The summed E-state index contributed by atoms with van der Waals surface area (Å²) < 4.78 is 0. The Hall–Kier alpha value is -4.10. The van der Waals surface area contributed by atoms with Crippen LogP contribution in [0.25, 0.3) is 17.0 Å². The molecule has 7 rings (SSSR count). The number of amides is 2. The van der Waals surface area contributed by atoms with Gasteiger partial charge in [-0.3, -0.25) is 14.5 Å². The number of fused-ring (bicyclic) bond motifs is 9. The summed E-state index contributed by atoms with van der Waals surface area (Å²) >= 11 is 0. The zero-order chi connectivity index (χ0) is 27.5. The molecule has 0 saturated carbocycles. The van der Waals surface area contributed by atoms with E-state index in [0.29, 0.717) is 0 Å². The molecule has 5 heterocycles. The molecule has 2 aromatic carbocycles. The number of allylic oxidation sites excluding steroid dienone is 1. The molecule has 0 unspecified atom stereocenters. The number of aromatic amines is 1. The first-order valence-electron chi connectivity index (χ1n) is 13.4. The highest BCUT2D eigenvalue weighted by Gasteiger charge is 2.67. The maximum absolute atomic E-state index is 14.5. The largest absolute Gasteiger partial charge is 0.381 e. The van der Waals surface area contributed by atoms with Crippen LogP contribution >= 0.6 is 0 Å². The summed E-state index contributed by atoms with van der Waals surface area (Å²) in [4.78, 5) is 37.4. The van der Waals surface area contributed by atoms with E-state index < -0.39 is 28.8 Å². The number of carbonyl (C=O) groups is 2. The number of H-pyrrole nitrogens is 1. The molecular formula is C32H32N4O3. The first kappa shape index (κ1) is 24.0. The van der Waals surface area contributed by atoms with Crippen LogP contribution in [0.3, 0.4) is 0 Å². The van der Waals surface area contributed by atoms with E-state index in [1.54, 1.807) is 11.1 Å². The van der Waals surface area contributed by atoms with Crippen molar-refractivity contribution in [2.75, 3.05) is 4.90 Å². The SMILES string of the molecule is C=CC(C)(C)N1c2ccccc2[C@]2(O)C[C@@H]3C(=O)N4/C=C\C(C)(C)c5[nH]c6ccccc6c5/C=C\4C(=O)N3[C@H]12. The third-order valence-electron chi connectivity index (χ3n) is 9.07. The van der Waals surface area contributed by atoms with Crippen LogP contribution in [0.1, 0.15) is 50.9 Å². The van der Waals surface area contributed by atoms with E-state index in [9.17, 15) is 14.7 Å². The van der Waals surface area contributed by atoms with Crippen LogP contribution in [-0.2, 0) is 20.6 Å². The Morgan fingerprint density at radius 3 is 2.59 bits per heavy atom. The number of para-hydroxylation sites is 2. The summed E-state index contributed by atoms with van der Waals surface area (Å²) in [6, 6.07) is 14.9. The number of hydrogen-bond donors (Lipinski definition) is 2. The van der Waals surface area contributed by atoms with Gasteiger partial charge in [0.2, 0.25) is 0 Å². The van der Waals surface area contributed by atoms with Gasteiger partial charge >= 0.3 is 0 Å². The van der Waals surface area contributed by atoms with E-state index in [1.807, 2.05) is 80.6 Å². The number of benzene rings is 2. The fourth-order valence-corrected chi connectivity index (χ4v) is 6.95. The second kappa shape index (κ2) is 7.51. The normalized spacial score (nSPS) is 29.1. The zero-order valence-electron chi connectivity index (χ0n) is 22.6. The lowest BCUT2D eigenvalue weighted by molar-refractivity contribution is -0.148. The lowest BCUT2D eigenvalue weighted by Crippen LogP contribution is -2.63. The molecule has 7 heteroatoms. The molecule has 0 bridgehead atoms. The maximum Gasteiger partial charge on any atom is 0.273 e. The number of carbonyl (C=O) groups excluding carboxylic acids is 2. The van der Waals surface area contributed by atoms with Crippen LogP contribution < -0.4 is 4.90 Å². The minimum absolute atomic E-state index is 0.127. The van der Waals surface area contributed by atoms with Gasteiger partial charge in [-0.1, -0.05) is 62.4 Å². The number of anilines is 1. The quantitative estimate of drug-likeness (QED) is 0.478. The van der Waals surface area contributed by atoms with Crippen molar-refractivity contribution in [3.05, 3.63) is 96.0 Å². The number of hydrogen-bond acceptors (Lipinski definition) is 4. The molecule has 3 atom stereocenters. The highest BCUT2D eigenvalue weighted by Crippen LogP contribution is 2.56. The van der Waals surface area contributed by atoms with Gasteiger partial charge in [-0.15, -0.1) is 6.58 Å². The predicted octanol–water partition coefficient (Wildman–Crippen LogP) is 4.76. The average Bonchev–Trinajstić information content (AvgIpc) is 3.51. The van der Waals surface area contributed by atoms with Crippen molar-refractivity contribution in [3.63, 3.8) is 0 Å². The standard InChI is InChI=1S/C32H32N4O3/c1-6-31(4,5)36-23-14-10-8-12-21(23)32(39)18-25-27(37)34-16-15-30(2,3)26-20(19-11-7-9-13-22(19)33-26)17-24(34)28(38)35(25)29(32)36/h6-17,25,29,33,39H,1,18H2,2-5H3/b16-15-,24-17-/t25-,29-,32-/m1/s1. The molecule has 2 saturated heterocycles. The molecule has 39 heavy (non-hydrogen) atoms. The van der Waals surface area contributed by atoms with Crippen molar-refractivity contribution < 1.29 is 14.7 Å². The Labute approximate surface area is 227 Å². The molecule has 0 aliphatic carbocycles. The minimum atomic E-state index is -1.40. The number of nitrogens with one attached hydrogen (secondary N) is 1. The van der Waals surface area contributed by atoms with Crippen molar-refractivity contribution in [2.45, 2.75) is 62.9 Å². The van der Waals surface area contributed by atoms with E-state index in [4.69, 9.17) is 0 Å². The summed E-state index contributed by atoms with van der Waals surface area (Å²) in [6.45, 7) is 12.3. The lowest BCUT2D eigenvalue weighted by Gasteiger charge is -2.47. The summed E-state index contributed by atoms with van der Waals surface area (Å²) in [5, 5.41) is 13.3. The number of piperazine rings is 1. The number of aliphatic hydroxyl groups is 1. The van der Waals surface area contributed by atoms with Crippen LogP contribution in [0.15, 0.2) is 79.2 Å². The van der Waals surface area contributed by atoms with E-state index in [1.165, 1.54) is 4.90 Å². The third-order valence-corrected chi connectivity index (χ3v) is 9.07.